The van der Waals surface area contributed by atoms with Crippen LogP contribution in [0.15, 0.2) is 35.5 Å². The fourth-order valence-corrected chi connectivity index (χ4v) is 2.34. The number of nitrogens with one attached hydrogen (secondary N) is 1. The third kappa shape index (κ3) is 3.84. The summed E-state index contributed by atoms with van der Waals surface area (Å²) in [4.78, 5) is 35.1. The predicted molar refractivity (Wildman–Crippen MR) is 82.3 cm³/mol. The van der Waals surface area contributed by atoms with Gasteiger partial charge >= 0.3 is 0 Å². The Morgan fingerprint density at radius 1 is 1.17 bits per heavy atom. The zero-order valence-electron chi connectivity index (χ0n) is 12.2. The summed E-state index contributed by atoms with van der Waals surface area (Å²) in [5.74, 6) is -0.708. The number of non-ortho nitro benzene ring substituents is 2. The molecule has 1 aliphatic carbocycles. The van der Waals surface area contributed by atoms with Gasteiger partial charge in [-0.2, -0.15) is 0 Å². The van der Waals surface area contributed by atoms with Gasteiger partial charge in [-0.15, -0.1) is 0 Å². The van der Waals surface area contributed by atoms with Gasteiger partial charge in [0.1, 0.15) is 0 Å². The van der Waals surface area contributed by atoms with Crippen LogP contribution in [0, 0.1) is 20.2 Å². The average Bonchev–Trinajstić information content (AvgIpc) is 2.56. The van der Waals surface area contributed by atoms with E-state index in [0.717, 1.165) is 18.2 Å². The molecule has 0 fully saturated rings. The van der Waals surface area contributed by atoms with Gasteiger partial charge in [-0.05, 0) is 18.4 Å². The molecular formula is C13H12N6O5. The number of hydrogen-bond donors (Lipinski definition) is 1. The molecule has 0 aliphatic heterocycles. The summed E-state index contributed by atoms with van der Waals surface area (Å²) in [6, 6.07) is 1.73. The summed E-state index contributed by atoms with van der Waals surface area (Å²) in [6.07, 6.45) is 4.50. The van der Waals surface area contributed by atoms with Gasteiger partial charge < -0.3 is 5.32 Å². The van der Waals surface area contributed by atoms with Crippen molar-refractivity contribution in [3.05, 3.63) is 66.6 Å². The number of carbonyl (C=O) groups excluding carboxylic acids is 1. The number of nitro benzene ring substituents is 2. The van der Waals surface area contributed by atoms with Gasteiger partial charge in [-0.1, -0.05) is 17.3 Å². The van der Waals surface area contributed by atoms with Crippen molar-refractivity contribution >= 4 is 17.3 Å². The maximum absolute atomic E-state index is 12.3. The maximum Gasteiger partial charge on any atom is 0.277 e. The molecule has 11 heteroatoms. The van der Waals surface area contributed by atoms with Crippen molar-refractivity contribution in [1.82, 2.24) is 5.32 Å². The molecule has 0 bridgehead atoms. The highest BCUT2D eigenvalue weighted by molar-refractivity contribution is 5.95. The third-order valence-corrected chi connectivity index (χ3v) is 3.50. The molecule has 1 amide bonds. The number of rotatable bonds is 5. The molecule has 1 aliphatic rings. The van der Waals surface area contributed by atoms with Gasteiger partial charge in [0.15, 0.2) is 0 Å². The number of nitro groups is 2. The van der Waals surface area contributed by atoms with E-state index in [1.54, 1.807) is 0 Å². The van der Waals surface area contributed by atoms with Crippen molar-refractivity contribution in [2.75, 3.05) is 0 Å². The number of carbonyl (C=O) groups is 1. The van der Waals surface area contributed by atoms with Crippen molar-refractivity contribution in [2.45, 2.75) is 24.9 Å². The molecule has 0 aromatic heterocycles. The Hall–Kier alpha value is -3.46. The lowest BCUT2D eigenvalue weighted by Crippen LogP contribution is -2.43. The minimum atomic E-state index is -0.810. The van der Waals surface area contributed by atoms with Gasteiger partial charge in [0.05, 0.1) is 27.5 Å². The Labute approximate surface area is 134 Å². The summed E-state index contributed by atoms with van der Waals surface area (Å²) in [5.41, 5.74) is 7.25. The molecule has 11 nitrogen and oxygen atoms in total. The second-order valence-electron chi connectivity index (χ2n) is 5.05. The Morgan fingerprint density at radius 3 is 2.29 bits per heavy atom. The van der Waals surface area contributed by atoms with E-state index in [1.807, 2.05) is 12.2 Å². The minimum Gasteiger partial charge on any atom is -0.349 e. The topological polar surface area (TPSA) is 164 Å². The van der Waals surface area contributed by atoms with E-state index in [9.17, 15) is 25.0 Å². The van der Waals surface area contributed by atoms with Crippen LogP contribution in [0.1, 0.15) is 23.2 Å². The van der Waals surface area contributed by atoms with Crippen LogP contribution in [0.3, 0.4) is 0 Å². The monoisotopic (exact) mass is 332 g/mol. The fraction of sp³-hybridized carbons (Fsp3) is 0.308. The standard InChI is InChI=1S/C13H12N6O5/c14-17-16-12-4-2-1-3-11(12)15-13(20)8-5-9(18(21)22)7-10(6-8)19(23)24/h1-2,5-7,11-12H,3-4H2,(H,15,20). The molecule has 1 N–H and O–H groups in total. The van der Waals surface area contributed by atoms with Gasteiger partial charge in [0.2, 0.25) is 0 Å². The molecule has 1 aromatic rings. The molecule has 1 aromatic carbocycles. The molecule has 0 saturated carbocycles. The largest absolute Gasteiger partial charge is 0.349 e. The number of azide groups is 1. The van der Waals surface area contributed by atoms with Crippen LogP contribution in [0.25, 0.3) is 10.4 Å². The Morgan fingerprint density at radius 2 is 1.75 bits per heavy atom. The summed E-state index contributed by atoms with van der Waals surface area (Å²) >= 11 is 0. The van der Waals surface area contributed by atoms with Crippen LogP contribution < -0.4 is 5.32 Å². The van der Waals surface area contributed by atoms with E-state index in [1.165, 1.54) is 0 Å². The van der Waals surface area contributed by atoms with Crippen molar-refractivity contribution in [1.29, 1.82) is 0 Å². The van der Waals surface area contributed by atoms with E-state index in [2.05, 4.69) is 15.3 Å². The van der Waals surface area contributed by atoms with Gasteiger partial charge in [0.25, 0.3) is 17.3 Å². The van der Waals surface area contributed by atoms with E-state index < -0.39 is 39.2 Å². The maximum atomic E-state index is 12.3. The number of hydrogen-bond acceptors (Lipinski definition) is 6. The van der Waals surface area contributed by atoms with Crippen LogP contribution in [0.5, 0.6) is 0 Å². The molecule has 2 unspecified atom stereocenters. The summed E-state index contributed by atoms with van der Waals surface area (Å²) in [5, 5.41) is 27.9. The fourth-order valence-electron chi connectivity index (χ4n) is 2.34. The molecular weight excluding hydrogens is 320 g/mol. The van der Waals surface area contributed by atoms with Crippen LogP contribution in [0.4, 0.5) is 11.4 Å². The first-order valence-electron chi connectivity index (χ1n) is 6.86. The number of benzene rings is 1. The first-order valence-corrected chi connectivity index (χ1v) is 6.86. The van der Waals surface area contributed by atoms with Crippen LogP contribution in [0.2, 0.25) is 0 Å². The minimum absolute atomic E-state index is 0.204. The van der Waals surface area contributed by atoms with E-state index in [4.69, 9.17) is 5.53 Å². The molecule has 2 rings (SSSR count). The second kappa shape index (κ2) is 7.20. The SMILES string of the molecule is [N-]=[N+]=NC1CC=CCC1NC(=O)c1cc([N+](=O)[O-])cc([N+](=O)[O-])c1. The molecule has 0 radical (unpaired) electrons. The Bertz CT molecular complexity index is 738. The number of amides is 1. The lowest BCUT2D eigenvalue weighted by Gasteiger charge is -2.25. The molecule has 24 heavy (non-hydrogen) atoms. The molecule has 2 atom stereocenters. The van der Waals surface area contributed by atoms with E-state index in [-0.39, 0.29) is 5.56 Å². The number of nitrogens with zero attached hydrogens (tertiary/aromatic N) is 5. The van der Waals surface area contributed by atoms with Crippen LogP contribution >= 0.6 is 0 Å². The Kier molecular flexibility index (Phi) is 5.07. The van der Waals surface area contributed by atoms with Crippen molar-refractivity contribution in [2.24, 2.45) is 5.11 Å². The normalized spacial score (nSPS) is 19.2. The summed E-state index contributed by atoms with van der Waals surface area (Å²) in [7, 11) is 0. The first-order chi connectivity index (χ1) is 11.4. The van der Waals surface area contributed by atoms with Gasteiger partial charge in [0, 0.05) is 23.1 Å². The van der Waals surface area contributed by atoms with Crippen molar-refractivity contribution in [3.63, 3.8) is 0 Å². The highest BCUT2D eigenvalue weighted by Gasteiger charge is 2.25. The van der Waals surface area contributed by atoms with Crippen LogP contribution in [-0.2, 0) is 0 Å². The van der Waals surface area contributed by atoms with Crippen molar-refractivity contribution in [3.8, 4) is 0 Å². The third-order valence-electron chi connectivity index (χ3n) is 3.50. The van der Waals surface area contributed by atoms with Gasteiger partial charge in [-0.25, -0.2) is 0 Å². The second-order valence-corrected chi connectivity index (χ2v) is 5.05. The highest BCUT2D eigenvalue weighted by atomic mass is 16.6. The quantitative estimate of drug-likeness (QED) is 0.218. The summed E-state index contributed by atoms with van der Waals surface area (Å²) in [6.45, 7) is 0. The summed E-state index contributed by atoms with van der Waals surface area (Å²) < 4.78 is 0. The molecule has 0 spiro atoms. The first kappa shape index (κ1) is 16.9. The lowest BCUT2D eigenvalue weighted by molar-refractivity contribution is -0.394. The van der Waals surface area contributed by atoms with E-state index in [0.29, 0.717) is 12.8 Å². The zero-order chi connectivity index (χ0) is 17.7. The molecule has 0 heterocycles. The molecule has 0 saturated heterocycles. The van der Waals surface area contributed by atoms with Crippen LogP contribution in [-0.4, -0.2) is 27.8 Å². The average molecular weight is 332 g/mol. The lowest BCUT2D eigenvalue weighted by atomic mass is 9.96. The Balaban J connectivity index is 2.28. The molecule has 124 valence electrons. The zero-order valence-corrected chi connectivity index (χ0v) is 12.2. The predicted octanol–water partition coefficient (Wildman–Crippen LogP) is 2.63. The van der Waals surface area contributed by atoms with Crippen molar-refractivity contribution < 1.29 is 14.6 Å². The smallest absolute Gasteiger partial charge is 0.277 e. The van der Waals surface area contributed by atoms with Gasteiger partial charge in [-0.3, -0.25) is 25.0 Å². The van der Waals surface area contributed by atoms with E-state index >= 15 is 0 Å². The highest BCUT2D eigenvalue weighted by Crippen LogP contribution is 2.23.